The number of aryl methyl sites for hydroxylation is 2. The van der Waals surface area contributed by atoms with Crippen LogP contribution in [-0.2, 0) is 13.0 Å². The Morgan fingerprint density at radius 1 is 1.58 bits per heavy atom. The van der Waals surface area contributed by atoms with Crippen molar-refractivity contribution < 1.29 is 5.11 Å². The number of aliphatic imine (C=N–C) groups is 1. The summed E-state index contributed by atoms with van der Waals surface area (Å²) in [5, 5.41) is 19.8. The van der Waals surface area contributed by atoms with Crippen LogP contribution in [0.2, 0.25) is 0 Å². The summed E-state index contributed by atoms with van der Waals surface area (Å²) in [7, 11) is 0. The van der Waals surface area contributed by atoms with E-state index in [1.54, 1.807) is 0 Å². The number of hydrogen-bond acceptors (Lipinski definition) is 4. The number of aliphatic hydroxyl groups is 1. The van der Waals surface area contributed by atoms with Crippen LogP contribution in [0.1, 0.15) is 25.0 Å². The summed E-state index contributed by atoms with van der Waals surface area (Å²) in [6.07, 6.45) is 1.94. The average Bonchev–Trinajstić information content (AvgIpc) is 2.75. The molecule has 1 atom stereocenters. The van der Waals surface area contributed by atoms with E-state index in [9.17, 15) is 0 Å². The summed E-state index contributed by atoms with van der Waals surface area (Å²) in [6, 6.07) is 0.296. The van der Waals surface area contributed by atoms with Crippen molar-refractivity contribution in [2.75, 3.05) is 19.7 Å². The third kappa shape index (κ3) is 3.66. The Hall–Kier alpha value is -1.63. The Kier molecular flexibility index (Phi) is 4.73. The molecule has 0 saturated heterocycles. The van der Waals surface area contributed by atoms with Gasteiger partial charge >= 0.3 is 0 Å². The van der Waals surface area contributed by atoms with Gasteiger partial charge in [0, 0.05) is 19.0 Å². The molecule has 0 aliphatic carbocycles. The monoisotopic (exact) mass is 266 g/mol. The van der Waals surface area contributed by atoms with Gasteiger partial charge in [-0.05, 0) is 20.3 Å². The van der Waals surface area contributed by atoms with Gasteiger partial charge in [-0.15, -0.1) is 0 Å². The van der Waals surface area contributed by atoms with Gasteiger partial charge in [-0.2, -0.15) is 5.10 Å². The maximum Gasteiger partial charge on any atom is 0.191 e. The maximum atomic E-state index is 8.84. The van der Waals surface area contributed by atoms with Crippen LogP contribution in [0.3, 0.4) is 0 Å². The number of aromatic nitrogens is 3. The number of fused-ring (bicyclic) bond motifs is 1. The predicted octanol–water partition coefficient (Wildman–Crippen LogP) is -0.551. The summed E-state index contributed by atoms with van der Waals surface area (Å²) < 4.78 is 1.96. The van der Waals surface area contributed by atoms with Crippen molar-refractivity contribution in [2.24, 2.45) is 4.99 Å². The zero-order chi connectivity index (χ0) is 13.7. The van der Waals surface area contributed by atoms with Crippen molar-refractivity contribution in [3.8, 4) is 0 Å². The molecule has 0 spiro atoms. The highest BCUT2D eigenvalue weighted by Gasteiger charge is 2.21. The lowest BCUT2D eigenvalue weighted by atomic mass is 10.1. The molecule has 0 radical (unpaired) electrons. The van der Waals surface area contributed by atoms with Gasteiger partial charge in [-0.1, -0.05) is 0 Å². The smallest absolute Gasteiger partial charge is 0.191 e. The van der Waals surface area contributed by atoms with Gasteiger partial charge in [-0.3, -0.25) is 4.99 Å². The summed E-state index contributed by atoms with van der Waals surface area (Å²) >= 11 is 0. The number of nitrogens with one attached hydrogen (secondary N) is 2. The SMILES string of the molecule is CCNC(=NCCO)NC1CCc2nc(C)nn2C1. The lowest BCUT2D eigenvalue weighted by molar-refractivity contribution is 0.306. The molecular weight excluding hydrogens is 244 g/mol. The van der Waals surface area contributed by atoms with Crippen molar-refractivity contribution in [3.63, 3.8) is 0 Å². The summed E-state index contributed by atoms with van der Waals surface area (Å²) in [6.45, 7) is 6.03. The Bertz CT molecular complexity index is 441. The van der Waals surface area contributed by atoms with Crippen LogP contribution in [0.15, 0.2) is 4.99 Å². The molecule has 0 bridgehead atoms. The molecule has 1 aromatic rings. The second kappa shape index (κ2) is 6.51. The van der Waals surface area contributed by atoms with Gasteiger partial charge in [0.1, 0.15) is 11.6 Å². The highest BCUT2D eigenvalue weighted by atomic mass is 16.3. The second-order valence-corrected chi connectivity index (χ2v) is 4.62. The molecule has 0 amide bonds. The lowest BCUT2D eigenvalue weighted by Gasteiger charge is -2.25. The number of hydrogen-bond donors (Lipinski definition) is 3. The fraction of sp³-hybridized carbons (Fsp3) is 0.750. The average molecular weight is 266 g/mol. The van der Waals surface area contributed by atoms with Crippen LogP contribution in [0, 0.1) is 6.92 Å². The van der Waals surface area contributed by atoms with Crippen LogP contribution < -0.4 is 10.6 Å². The van der Waals surface area contributed by atoms with Gasteiger partial charge in [0.05, 0.1) is 19.7 Å². The zero-order valence-electron chi connectivity index (χ0n) is 11.6. The van der Waals surface area contributed by atoms with Crippen molar-refractivity contribution in [1.82, 2.24) is 25.4 Å². The molecular formula is C12H22N6O. The molecule has 0 aromatic carbocycles. The normalized spacial score (nSPS) is 19.1. The van der Waals surface area contributed by atoms with E-state index in [0.29, 0.717) is 12.6 Å². The van der Waals surface area contributed by atoms with E-state index in [2.05, 4.69) is 25.7 Å². The topological polar surface area (TPSA) is 87.4 Å². The predicted molar refractivity (Wildman–Crippen MR) is 73.1 cm³/mol. The fourth-order valence-electron chi connectivity index (χ4n) is 2.23. The zero-order valence-corrected chi connectivity index (χ0v) is 11.6. The number of guanidine groups is 1. The van der Waals surface area contributed by atoms with Crippen LogP contribution in [-0.4, -0.2) is 51.6 Å². The van der Waals surface area contributed by atoms with Crippen LogP contribution in [0.5, 0.6) is 0 Å². The molecule has 1 aromatic heterocycles. The van der Waals surface area contributed by atoms with Crippen LogP contribution >= 0.6 is 0 Å². The van der Waals surface area contributed by atoms with Gasteiger partial charge in [0.2, 0.25) is 0 Å². The third-order valence-corrected chi connectivity index (χ3v) is 3.02. The summed E-state index contributed by atoms with van der Waals surface area (Å²) in [5.41, 5.74) is 0. The summed E-state index contributed by atoms with van der Waals surface area (Å²) in [5.74, 6) is 2.64. The molecule has 0 saturated carbocycles. The Labute approximate surface area is 113 Å². The quantitative estimate of drug-likeness (QED) is 0.503. The third-order valence-electron chi connectivity index (χ3n) is 3.02. The Balaban J connectivity index is 1.96. The Morgan fingerprint density at radius 3 is 3.16 bits per heavy atom. The second-order valence-electron chi connectivity index (χ2n) is 4.62. The maximum absolute atomic E-state index is 8.84. The fourth-order valence-corrected chi connectivity index (χ4v) is 2.23. The minimum absolute atomic E-state index is 0.0632. The van der Waals surface area contributed by atoms with E-state index in [-0.39, 0.29) is 6.61 Å². The minimum Gasteiger partial charge on any atom is -0.394 e. The van der Waals surface area contributed by atoms with E-state index < -0.39 is 0 Å². The molecule has 106 valence electrons. The van der Waals surface area contributed by atoms with Crippen LogP contribution in [0.25, 0.3) is 0 Å². The molecule has 2 heterocycles. The number of rotatable bonds is 4. The van der Waals surface area contributed by atoms with E-state index in [0.717, 1.165) is 43.5 Å². The molecule has 1 aliphatic heterocycles. The molecule has 7 nitrogen and oxygen atoms in total. The van der Waals surface area contributed by atoms with E-state index in [4.69, 9.17) is 5.11 Å². The van der Waals surface area contributed by atoms with Crippen LogP contribution in [0.4, 0.5) is 0 Å². The van der Waals surface area contributed by atoms with Gasteiger partial charge in [-0.25, -0.2) is 9.67 Å². The molecule has 3 N–H and O–H groups in total. The first-order valence-corrected chi connectivity index (χ1v) is 6.79. The first-order chi connectivity index (χ1) is 9.22. The lowest BCUT2D eigenvalue weighted by Crippen LogP contribution is -2.47. The molecule has 1 unspecified atom stereocenters. The molecule has 7 heteroatoms. The molecule has 19 heavy (non-hydrogen) atoms. The molecule has 1 aliphatic rings. The van der Waals surface area contributed by atoms with Crippen molar-refractivity contribution in [3.05, 3.63) is 11.6 Å². The first-order valence-electron chi connectivity index (χ1n) is 6.79. The van der Waals surface area contributed by atoms with Gasteiger partial charge in [0.25, 0.3) is 0 Å². The van der Waals surface area contributed by atoms with Crippen molar-refractivity contribution >= 4 is 5.96 Å². The first kappa shape index (κ1) is 13.8. The highest BCUT2D eigenvalue weighted by molar-refractivity contribution is 5.80. The van der Waals surface area contributed by atoms with E-state index in [1.807, 2.05) is 18.5 Å². The minimum atomic E-state index is 0.0632. The van der Waals surface area contributed by atoms with Gasteiger partial charge < -0.3 is 15.7 Å². The Morgan fingerprint density at radius 2 is 2.42 bits per heavy atom. The van der Waals surface area contributed by atoms with Crippen molar-refractivity contribution in [1.29, 1.82) is 0 Å². The largest absolute Gasteiger partial charge is 0.394 e. The summed E-state index contributed by atoms with van der Waals surface area (Å²) in [4.78, 5) is 8.68. The van der Waals surface area contributed by atoms with E-state index in [1.165, 1.54) is 0 Å². The number of nitrogens with zero attached hydrogens (tertiary/aromatic N) is 4. The number of aliphatic hydroxyl groups excluding tert-OH is 1. The van der Waals surface area contributed by atoms with Crippen molar-refractivity contribution in [2.45, 2.75) is 39.3 Å². The standard InChI is InChI=1S/C12H22N6O/c1-3-13-12(14-6-7-19)16-10-4-5-11-15-9(2)17-18(11)8-10/h10,19H,3-8H2,1-2H3,(H2,13,14,16). The molecule has 2 rings (SSSR count). The molecule has 0 fully saturated rings. The van der Waals surface area contributed by atoms with E-state index >= 15 is 0 Å². The highest BCUT2D eigenvalue weighted by Crippen LogP contribution is 2.12. The van der Waals surface area contributed by atoms with Gasteiger partial charge in [0.15, 0.2) is 5.96 Å².